The number of fused-ring (bicyclic) bond motifs is 1. The molecular formula is C6H12ClNO. The second-order valence-corrected chi connectivity index (χ2v) is 2.88. The molecule has 0 aromatic rings. The maximum absolute atomic E-state index is 8.64. The van der Waals surface area contributed by atoms with Gasteiger partial charge in [-0.25, -0.2) is 0 Å². The molecule has 9 heavy (non-hydrogen) atoms. The highest BCUT2D eigenvalue weighted by Crippen LogP contribution is 2.40. The molecule has 2 rings (SSSR count). The van der Waals surface area contributed by atoms with Crippen LogP contribution in [-0.4, -0.2) is 23.8 Å². The van der Waals surface area contributed by atoms with Gasteiger partial charge in [0, 0.05) is 12.1 Å². The predicted octanol–water partition coefficient (Wildman–Crippen LogP) is 0.151. The minimum absolute atomic E-state index is 0. The Hall–Kier alpha value is 0.210. The van der Waals surface area contributed by atoms with Crippen molar-refractivity contribution in [3.8, 4) is 0 Å². The normalized spacial score (nSPS) is 45.7. The van der Waals surface area contributed by atoms with Crippen molar-refractivity contribution < 1.29 is 5.11 Å². The Labute approximate surface area is 61.0 Å². The van der Waals surface area contributed by atoms with Gasteiger partial charge in [0.25, 0.3) is 0 Å². The van der Waals surface area contributed by atoms with Gasteiger partial charge in [0.15, 0.2) is 0 Å². The van der Waals surface area contributed by atoms with Gasteiger partial charge in [0.1, 0.15) is 0 Å². The zero-order chi connectivity index (χ0) is 5.56. The van der Waals surface area contributed by atoms with E-state index in [0.717, 1.165) is 12.0 Å². The minimum atomic E-state index is 0. The smallest absolute Gasteiger partial charge is 0.0584 e. The first kappa shape index (κ1) is 7.32. The second kappa shape index (κ2) is 2.45. The Morgan fingerprint density at radius 3 is 2.56 bits per heavy atom. The zero-order valence-corrected chi connectivity index (χ0v) is 6.03. The average Bonchev–Trinajstić information content (AvgIpc) is 2.40. The third-order valence-corrected chi connectivity index (χ3v) is 2.18. The van der Waals surface area contributed by atoms with Gasteiger partial charge in [-0.2, -0.15) is 0 Å². The van der Waals surface area contributed by atoms with Crippen molar-refractivity contribution in [1.82, 2.24) is 5.32 Å². The topological polar surface area (TPSA) is 32.3 Å². The molecule has 1 aliphatic carbocycles. The van der Waals surface area contributed by atoms with Crippen LogP contribution in [0.25, 0.3) is 0 Å². The van der Waals surface area contributed by atoms with Crippen molar-refractivity contribution in [2.24, 2.45) is 5.92 Å². The first-order valence-corrected chi connectivity index (χ1v) is 3.27. The van der Waals surface area contributed by atoms with Gasteiger partial charge < -0.3 is 10.4 Å². The van der Waals surface area contributed by atoms with E-state index in [2.05, 4.69) is 5.32 Å². The number of hydrogen-bond acceptors (Lipinski definition) is 2. The Balaban J connectivity index is 0.000000405. The Morgan fingerprint density at radius 1 is 1.44 bits per heavy atom. The molecule has 0 amide bonds. The van der Waals surface area contributed by atoms with E-state index in [0.29, 0.717) is 12.6 Å². The third kappa shape index (κ3) is 1.20. The van der Waals surface area contributed by atoms with Gasteiger partial charge in [0.2, 0.25) is 0 Å². The molecule has 2 aliphatic rings. The van der Waals surface area contributed by atoms with Crippen molar-refractivity contribution in [1.29, 1.82) is 0 Å². The highest BCUT2D eigenvalue weighted by Gasteiger charge is 2.45. The van der Waals surface area contributed by atoms with Crippen LogP contribution in [0.1, 0.15) is 12.8 Å². The lowest BCUT2D eigenvalue weighted by atomic mass is 10.2. The highest BCUT2D eigenvalue weighted by atomic mass is 35.5. The standard InChI is InChI=1S/C6H11NO.ClH/c8-3-5-1-4-2-6(4)7-5;/h4-8H,1-3H2;1H/t4-,5-,6+;/m1./s1. The molecule has 0 aromatic carbocycles. The molecule has 0 aromatic heterocycles. The van der Waals surface area contributed by atoms with E-state index in [1.165, 1.54) is 12.8 Å². The summed E-state index contributed by atoms with van der Waals surface area (Å²) in [5.74, 6) is 0.923. The molecule has 0 radical (unpaired) electrons. The molecule has 0 unspecified atom stereocenters. The van der Waals surface area contributed by atoms with Crippen LogP contribution in [0.3, 0.4) is 0 Å². The van der Waals surface area contributed by atoms with E-state index in [1.807, 2.05) is 0 Å². The first-order valence-electron chi connectivity index (χ1n) is 3.27. The summed E-state index contributed by atoms with van der Waals surface area (Å²) in [7, 11) is 0. The van der Waals surface area contributed by atoms with Crippen LogP contribution in [0, 0.1) is 5.92 Å². The van der Waals surface area contributed by atoms with Crippen molar-refractivity contribution in [2.75, 3.05) is 6.61 Å². The number of piperidine rings is 1. The number of rotatable bonds is 1. The van der Waals surface area contributed by atoms with Gasteiger partial charge in [-0.1, -0.05) is 0 Å². The number of aliphatic hydroxyl groups excluding tert-OH is 1. The molecule has 0 spiro atoms. The highest BCUT2D eigenvalue weighted by molar-refractivity contribution is 5.85. The molecular weight excluding hydrogens is 138 g/mol. The fourth-order valence-corrected chi connectivity index (χ4v) is 1.58. The van der Waals surface area contributed by atoms with Gasteiger partial charge in [0.05, 0.1) is 6.61 Å². The number of halogens is 1. The maximum atomic E-state index is 8.64. The molecule has 1 saturated carbocycles. The molecule has 1 saturated heterocycles. The third-order valence-electron chi connectivity index (χ3n) is 2.18. The summed E-state index contributed by atoms with van der Waals surface area (Å²) < 4.78 is 0. The fourth-order valence-electron chi connectivity index (χ4n) is 1.58. The summed E-state index contributed by atoms with van der Waals surface area (Å²) in [5.41, 5.74) is 0. The monoisotopic (exact) mass is 149 g/mol. The summed E-state index contributed by atoms with van der Waals surface area (Å²) >= 11 is 0. The van der Waals surface area contributed by atoms with Gasteiger partial charge in [-0.15, -0.1) is 12.4 Å². The van der Waals surface area contributed by atoms with Crippen LogP contribution < -0.4 is 5.32 Å². The predicted molar refractivity (Wildman–Crippen MR) is 37.8 cm³/mol. The molecule has 3 atom stereocenters. The first-order chi connectivity index (χ1) is 3.90. The number of aliphatic hydroxyl groups is 1. The summed E-state index contributed by atoms with van der Waals surface area (Å²) in [6.07, 6.45) is 2.57. The second-order valence-electron chi connectivity index (χ2n) is 2.88. The quantitative estimate of drug-likeness (QED) is 0.557. The van der Waals surface area contributed by atoms with Gasteiger partial charge >= 0.3 is 0 Å². The van der Waals surface area contributed by atoms with E-state index in [-0.39, 0.29) is 12.4 Å². The Bertz CT molecular complexity index is 99.2. The maximum Gasteiger partial charge on any atom is 0.0584 e. The minimum Gasteiger partial charge on any atom is -0.395 e. The summed E-state index contributed by atoms with van der Waals surface area (Å²) in [6.45, 7) is 0.326. The molecule has 0 bridgehead atoms. The van der Waals surface area contributed by atoms with Crippen LogP contribution in [0.2, 0.25) is 0 Å². The lowest BCUT2D eigenvalue weighted by Crippen LogP contribution is -2.28. The lowest BCUT2D eigenvalue weighted by Gasteiger charge is -2.06. The van der Waals surface area contributed by atoms with E-state index in [9.17, 15) is 0 Å². The summed E-state index contributed by atoms with van der Waals surface area (Å²) in [4.78, 5) is 0. The van der Waals surface area contributed by atoms with E-state index in [1.54, 1.807) is 0 Å². The van der Waals surface area contributed by atoms with Gasteiger partial charge in [-0.3, -0.25) is 0 Å². The van der Waals surface area contributed by atoms with Crippen molar-refractivity contribution in [3.05, 3.63) is 0 Å². The van der Waals surface area contributed by atoms with E-state index >= 15 is 0 Å². The average molecular weight is 150 g/mol. The van der Waals surface area contributed by atoms with Crippen LogP contribution in [0.5, 0.6) is 0 Å². The van der Waals surface area contributed by atoms with E-state index in [4.69, 9.17) is 5.11 Å². The van der Waals surface area contributed by atoms with Gasteiger partial charge in [-0.05, 0) is 18.8 Å². The largest absolute Gasteiger partial charge is 0.395 e. The van der Waals surface area contributed by atoms with E-state index < -0.39 is 0 Å². The van der Waals surface area contributed by atoms with Crippen LogP contribution >= 0.6 is 12.4 Å². The molecule has 2 fully saturated rings. The molecule has 1 heterocycles. The summed E-state index contributed by atoms with van der Waals surface area (Å²) in [6, 6.07) is 1.21. The fraction of sp³-hybridized carbons (Fsp3) is 1.00. The molecule has 3 heteroatoms. The molecule has 1 aliphatic heterocycles. The van der Waals surface area contributed by atoms with Crippen LogP contribution in [0.15, 0.2) is 0 Å². The number of nitrogens with one attached hydrogen (secondary N) is 1. The molecule has 2 nitrogen and oxygen atoms in total. The summed E-state index contributed by atoms with van der Waals surface area (Å²) in [5, 5.41) is 12.0. The SMILES string of the molecule is Cl.OC[C@H]1C[C@@H]2C[C@@H]2N1. The zero-order valence-electron chi connectivity index (χ0n) is 5.21. The van der Waals surface area contributed by atoms with Crippen LogP contribution in [0.4, 0.5) is 0 Å². The Kier molecular flexibility index (Phi) is 1.99. The van der Waals surface area contributed by atoms with Crippen molar-refractivity contribution >= 4 is 12.4 Å². The van der Waals surface area contributed by atoms with Crippen molar-refractivity contribution in [3.63, 3.8) is 0 Å². The number of hydrogen-bond donors (Lipinski definition) is 2. The lowest BCUT2D eigenvalue weighted by molar-refractivity contribution is 0.246. The van der Waals surface area contributed by atoms with Crippen LogP contribution in [-0.2, 0) is 0 Å². The van der Waals surface area contributed by atoms with Crippen molar-refractivity contribution in [2.45, 2.75) is 24.9 Å². The molecule has 2 N–H and O–H groups in total. The molecule has 54 valence electrons. The Morgan fingerprint density at radius 2 is 2.22 bits per heavy atom.